The molecule has 0 saturated heterocycles. The van der Waals surface area contributed by atoms with Gasteiger partial charge >= 0.3 is 6.18 Å². The molecule has 0 aliphatic heterocycles. The molecule has 0 spiro atoms. The third-order valence-corrected chi connectivity index (χ3v) is 1.97. The van der Waals surface area contributed by atoms with Crippen LogP contribution in [0, 0.1) is 0 Å². The highest BCUT2D eigenvalue weighted by molar-refractivity contribution is 5.98. The molecule has 15 heavy (non-hydrogen) atoms. The Bertz CT molecular complexity index is 385. The number of carbonyl (C=O) groups excluding carboxylic acids is 1. The Kier molecular flexibility index (Phi) is 3.02. The van der Waals surface area contributed by atoms with Gasteiger partial charge in [-0.1, -0.05) is 6.92 Å². The van der Waals surface area contributed by atoms with Crippen LogP contribution in [-0.4, -0.2) is 5.78 Å². The van der Waals surface area contributed by atoms with Gasteiger partial charge in [0.15, 0.2) is 5.78 Å². The molecule has 0 amide bonds. The van der Waals surface area contributed by atoms with E-state index in [-0.39, 0.29) is 17.7 Å². The molecule has 5 heteroatoms. The van der Waals surface area contributed by atoms with Crippen LogP contribution in [0.25, 0.3) is 0 Å². The maximum absolute atomic E-state index is 12.5. The van der Waals surface area contributed by atoms with E-state index in [0.29, 0.717) is 0 Å². The Morgan fingerprint density at radius 2 is 2.00 bits per heavy atom. The third kappa shape index (κ3) is 2.49. The maximum atomic E-state index is 12.5. The minimum Gasteiger partial charge on any atom is -0.399 e. The first-order valence-corrected chi connectivity index (χ1v) is 4.36. The number of nitrogens with two attached hydrogens (primary N) is 1. The number of halogens is 3. The number of nitrogen functional groups attached to an aromatic ring is 1. The summed E-state index contributed by atoms with van der Waals surface area (Å²) in [6, 6.07) is 3.03. The molecule has 0 unspecified atom stereocenters. The van der Waals surface area contributed by atoms with Crippen LogP contribution in [0.4, 0.5) is 18.9 Å². The van der Waals surface area contributed by atoms with E-state index in [1.54, 1.807) is 0 Å². The fourth-order valence-corrected chi connectivity index (χ4v) is 1.23. The topological polar surface area (TPSA) is 43.1 Å². The molecular formula is C10H10F3NO. The van der Waals surface area contributed by atoms with Crippen molar-refractivity contribution in [2.75, 3.05) is 5.73 Å². The van der Waals surface area contributed by atoms with Crippen molar-refractivity contribution in [1.29, 1.82) is 0 Å². The molecule has 0 fully saturated rings. The summed E-state index contributed by atoms with van der Waals surface area (Å²) in [6.45, 7) is 1.51. The van der Waals surface area contributed by atoms with Crippen molar-refractivity contribution in [2.45, 2.75) is 19.5 Å². The van der Waals surface area contributed by atoms with Gasteiger partial charge in [-0.25, -0.2) is 0 Å². The molecule has 2 N–H and O–H groups in total. The van der Waals surface area contributed by atoms with Gasteiger partial charge in [-0.3, -0.25) is 4.79 Å². The zero-order chi connectivity index (χ0) is 11.6. The first kappa shape index (κ1) is 11.6. The van der Waals surface area contributed by atoms with Crippen molar-refractivity contribution in [3.05, 3.63) is 29.3 Å². The van der Waals surface area contributed by atoms with Crippen LogP contribution in [0.15, 0.2) is 18.2 Å². The Morgan fingerprint density at radius 1 is 1.40 bits per heavy atom. The summed E-state index contributed by atoms with van der Waals surface area (Å²) < 4.78 is 37.5. The first-order chi connectivity index (χ1) is 6.86. The Balaban J connectivity index is 3.33. The van der Waals surface area contributed by atoms with Crippen LogP contribution in [0.5, 0.6) is 0 Å². The lowest BCUT2D eigenvalue weighted by Crippen LogP contribution is -2.13. The average Bonchev–Trinajstić information content (AvgIpc) is 2.14. The van der Waals surface area contributed by atoms with Crippen LogP contribution < -0.4 is 5.73 Å². The quantitative estimate of drug-likeness (QED) is 0.611. The highest BCUT2D eigenvalue weighted by Crippen LogP contribution is 2.33. The van der Waals surface area contributed by atoms with E-state index in [1.807, 2.05) is 0 Å². The fourth-order valence-electron chi connectivity index (χ4n) is 1.23. The number of benzene rings is 1. The highest BCUT2D eigenvalue weighted by Gasteiger charge is 2.34. The van der Waals surface area contributed by atoms with E-state index < -0.39 is 17.5 Å². The molecule has 2 nitrogen and oxygen atoms in total. The van der Waals surface area contributed by atoms with Crippen LogP contribution >= 0.6 is 0 Å². The molecule has 1 rings (SSSR count). The molecule has 0 heterocycles. The van der Waals surface area contributed by atoms with Gasteiger partial charge < -0.3 is 5.73 Å². The zero-order valence-corrected chi connectivity index (χ0v) is 8.06. The molecule has 0 bridgehead atoms. The minimum atomic E-state index is -4.52. The fraction of sp³-hybridized carbons (Fsp3) is 0.300. The molecule has 0 atom stereocenters. The van der Waals surface area contributed by atoms with Crippen molar-refractivity contribution in [2.24, 2.45) is 0 Å². The number of carbonyl (C=O) groups is 1. The summed E-state index contributed by atoms with van der Waals surface area (Å²) >= 11 is 0. The van der Waals surface area contributed by atoms with Gasteiger partial charge in [-0.15, -0.1) is 0 Å². The summed E-state index contributed by atoms with van der Waals surface area (Å²) in [4.78, 5) is 11.3. The Hall–Kier alpha value is -1.52. The van der Waals surface area contributed by atoms with Gasteiger partial charge in [-0.05, 0) is 18.2 Å². The Labute approximate surface area is 84.9 Å². The van der Waals surface area contributed by atoms with Crippen LogP contribution in [0.3, 0.4) is 0 Å². The van der Waals surface area contributed by atoms with Crippen molar-refractivity contribution in [3.63, 3.8) is 0 Å². The molecule has 0 saturated carbocycles. The number of hydrogen-bond acceptors (Lipinski definition) is 2. The number of anilines is 1. The van der Waals surface area contributed by atoms with Gasteiger partial charge in [0, 0.05) is 17.7 Å². The average molecular weight is 217 g/mol. The summed E-state index contributed by atoms with van der Waals surface area (Å²) in [7, 11) is 0. The summed E-state index contributed by atoms with van der Waals surface area (Å²) in [5.41, 5.74) is 4.21. The van der Waals surface area contributed by atoms with Gasteiger partial charge in [-0.2, -0.15) is 13.2 Å². The maximum Gasteiger partial charge on any atom is 0.417 e. The summed E-state index contributed by atoms with van der Waals surface area (Å²) in [5, 5.41) is 0. The standard InChI is InChI=1S/C10H10F3NO/c1-2-9(15)7-5-6(14)3-4-8(7)10(11,12)13/h3-5H,2,14H2,1H3. The van der Waals surface area contributed by atoms with E-state index in [4.69, 9.17) is 5.73 Å². The third-order valence-electron chi connectivity index (χ3n) is 1.97. The van der Waals surface area contributed by atoms with Crippen LogP contribution in [0.2, 0.25) is 0 Å². The van der Waals surface area contributed by atoms with Crippen molar-refractivity contribution in [1.82, 2.24) is 0 Å². The predicted octanol–water partition coefficient (Wildman–Crippen LogP) is 2.88. The molecule has 82 valence electrons. The number of alkyl halides is 3. The number of hydrogen-bond donors (Lipinski definition) is 1. The normalized spacial score (nSPS) is 11.5. The number of rotatable bonds is 2. The van der Waals surface area contributed by atoms with Gasteiger partial charge in [0.25, 0.3) is 0 Å². The van der Waals surface area contributed by atoms with E-state index in [1.165, 1.54) is 6.92 Å². The monoisotopic (exact) mass is 217 g/mol. The lowest BCUT2D eigenvalue weighted by atomic mass is 10.0. The van der Waals surface area contributed by atoms with Crippen molar-refractivity contribution < 1.29 is 18.0 Å². The summed E-state index contributed by atoms with van der Waals surface area (Å²) in [6.07, 6.45) is -4.50. The van der Waals surface area contributed by atoms with Gasteiger partial charge in [0.1, 0.15) is 0 Å². The predicted molar refractivity (Wildman–Crippen MR) is 50.5 cm³/mol. The SMILES string of the molecule is CCC(=O)c1cc(N)ccc1C(F)(F)F. The lowest BCUT2D eigenvalue weighted by Gasteiger charge is -2.11. The largest absolute Gasteiger partial charge is 0.417 e. The second kappa shape index (κ2) is 3.92. The van der Waals surface area contributed by atoms with Crippen molar-refractivity contribution >= 4 is 11.5 Å². The van der Waals surface area contributed by atoms with Gasteiger partial charge in [0.05, 0.1) is 5.56 Å². The molecule has 0 aliphatic carbocycles. The van der Waals surface area contributed by atoms with E-state index in [9.17, 15) is 18.0 Å². The Morgan fingerprint density at radius 3 is 2.47 bits per heavy atom. The lowest BCUT2D eigenvalue weighted by molar-refractivity contribution is -0.137. The molecular weight excluding hydrogens is 207 g/mol. The summed E-state index contributed by atoms with van der Waals surface area (Å²) in [5.74, 6) is -0.561. The number of Topliss-reactive ketones (excluding diaryl/α,β-unsaturated/α-hetero) is 1. The van der Waals surface area contributed by atoms with E-state index in [2.05, 4.69) is 0 Å². The highest BCUT2D eigenvalue weighted by atomic mass is 19.4. The zero-order valence-electron chi connectivity index (χ0n) is 8.06. The van der Waals surface area contributed by atoms with E-state index in [0.717, 1.165) is 18.2 Å². The number of ketones is 1. The van der Waals surface area contributed by atoms with Crippen LogP contribution in [-0.2, 0) is 6.18 Å². The minimum absolute atomic E-state index is 0.0204. The molecule has 0 aromatic heterocycles. The molecule has 0 aliphatic rings. The second-order valence-electron chi connectivity index (χ2n) is 3.08. The van der Waals surface area contributed by atoms with Crippen LogP contribution in [0.1, 0.15) is 29.3 Å². The second-order valence-corrected chi connectivity index (χ2v) is 3.08. The molecule has 1 aromatic rings. The van der Waals surface area contributed by atoms with Crippen molar-refractivity contribution in [3.8, 4) is 0 Å². The molecule has 0 radical (unpaired) electrons. The van der Waals surface area contributed by atoms with Gasteiger partial charge in [0.2, 0.25) is 0 Å². The smallest absolute Gasteiger partial charge is 0.399 e. The first-order valence-electron chi connectivity index (χ1n) is 4.36. The molecule has 1 aromatic carbocycles. The van der Waals surface area contributed by atoms with E-state index >= 15 is 0 Å².